The third-order valence-electron chi connectivity index (χ3n) is 2.38. The molecule has 18 heavy (non-hydrogen) atoms. The van der Waals surface area contributed by atoms with Crippen LogP contribution in [-0.4, -0.2) is 37.1 Å². The Morgan fingerprint density at radius 2 is 1.94 bits per heavy atom. The third-order valence-corrected chi connectivity index (χ3v) is 2.38. The van der Waals surface area contributed by atoms with Gasteiger partial charge in [-0.05, 0) is 12.5 Å². The standard InChI is InChI=1S/C13H18N2O3/c1-3-14-13(17)15(10-12(16)18-2)9-11-7-5-4-6-8-11/h4-8H,3,9-10H2,1-2H3,(H,14,17). The van der Waals surface area contributed by atoms with E-state index in [0.29, 0.717) is 13.1 Å². The fraction of sp³-hybridized carbons (Fsp3) is 0.385. The molecule has 1 rings (SSSR count). The van der Waals surface area contributed by atoms with Crippen LogP contribution in [0.15, 0.2) is 30.3 Å². The normalized spacial score (nSPS) is 9.67. The summed E-state index contributed by atoms with van der Waals surface area (Å²) in [5.41, 5.74) is 0.965. The number of amides is 2. The third kappa shape index (κ3) is 4.45. The summed E-state index contributed by atoms with van der Waals surface area (Å²) < 4.78 is 4.59. The van der Waals surface area contributed by atoms with Crippen molar-refractivity contribution in [1.29, 1.82) is 0 Å². The lowest BCUT2D eigenvalue weighted by atomic mass is 10.2. The number of hydrogen-bond acceptors (Lipinski definition) is 3. The molecule has 98 valence electrons. The van der Waals surface area contributed by atoms with E-state index in [-0.39, 0.29) is 12.6 Å². The van der Waals surface area contributed by atoms with Gasteiger partial charge in [-0.1, -0.05) is 30.3 Å². The topological polar surface area (TPSA) is 58.6 Å². The van der Waals surface area contributed by atoms with Crippen molar-refractivity contribution in [3.05, 3.63) is 35.9 Å². The predicted octanol–water partition coefficient (Wildman–Crippen LogP) is 1.39. The van der Waals surface area contributed by atoms with Crippen molar-refractivity contribution in [3.8, 4) is 0 Å². The van der Waals surface area contributed by atoms with Crippen molar-refractivity contribution >= 4 is 12.0 Å². The highest BCUT2D eigenvalue weighted by Crippen LogP contribution is 2.04. The average molecular weight is 250 g/mol. The molecule has 1 aromatic carbocycles. The van der Waals surface area contributed by atoms with Crippen molar-refractivity contribution in [1.82, 2.24) is 10.2 Å². The molecule has 5 heteroatoms. The highest BCUT2D eigenvalue weighted by atomic mass is 16.5. The summed E-state index contributed by atoms with van der Waals surface area (Å²) in [5.74, 6) is -0.433. The molecule has 0 saturated carbocycles. The Morgan fingerprint density at radius 3 is 2.50 bits per heavy atom. The Balaban J connectivity index is 2.71. The van der Waals surface area contributed by atoms with Gasteiger partial charge in [-0.2, -0.15) is 0 Å². The maximum Gasteiger partial charge on any atom is 0.325 e. The molecule has 0 saturated heterocycles. The summed E-state index contributed by atoms with van der Waals surface area (Å²) in [6, 6.07) is 9.23. The lowest BCUT2D eigenvalue weighted by Gasteiger charge is -2.21. The highest BCUT2D eigenvalue weighted by molar-refractivity contribution is 5.80. The van der Waals surface area contributed by atoms with Gasteiger partial charge in [-0.15, -0.1) is 0 Å². The van der Waals surface area contributed by atoms with Gasteiger partial charge in [0.1, 0.15) is 6.54 Å². The first kappa shape index (κ1) is 14.0. The molecular formula is C13H18N2O3. The maximum atomic E-state index is 11.8. The number of urea groups is 1. The highest BCUT2D eigenvalue weighted by Gasteiger charge is 2.16. The van der Waals surface area contributed by atoms with Gasteiger partial charge in [-0.25, -0.2) is 4.79 Å². The molecule has 0 bridgehead atoms. The van der Waals surface area contributed by atoms with Crippen molar-refractivity contribution < 1.29 is 14.3 Å². The number of nitrogens with zero attached hydrogens (tertiary/aromatic N) is 1. The van der Waals surface area contributed by atoms with E-state index in [2.05, 4.69) is 10.1 Å². The van der Waals surface area contributed by atoms with Gasteiger partial charge in [0.25, 0.3) is 0 Å². The number of ether oxygens (including phenoxy) is 1. The second-order valence-electron chi connectivity index (χ2n) is 3.75. The van der Waals surface area contributed by atoms with Gasteiger partial charge in [0.2, 0.25) is 0 Å². The molecule has 0 aliphatic rings. The maximum absolute atomic E-state index is 11.8. The quantitative estimate of drug-likeness (QED) is 0.803. The monoisotopic (exact) mass is 250 g/mol. The SMILES string of the molecule is CCNC(=O)N(CC(=O)OC)Cc1ccccc1. The van der Waals surface area contributed by atoms with Gasteiger partial charge in [0.05, 0.1) is 7.11 Å². The summed E-state index contributed by atoms with van der Waals surface area (Å²) in [6.07, 6.45) is 0. The Bertz CT molecular complexity index is 392. The van der Waals surface area contributed by atoms with E-state index < -0.39 is 5.97 Å². The summed E-state index contributed by atoms with van der Waals surface area (Å²) in [6.45, 7) is 2.67. The van der Waals surface area contributed by atoms with E-state index in [1.807, 2.05) is 37.3 Å². The van der Waals surface area contributed by atoms with Crippen LogP contribution in [0.25, 0.3) is 0 Å². The number of rotatable bonds is 5. The van der Waals surface area contributed by atoms with Crippen LogP contribution in [0.1, 0.15) is 12.5 Å². The number of methoxy groups -OCH3 is 1. The van der Waals surface area contributed by atoms with Gasteiger partial charge >= 0.3 is 12.0 Å². The lowest BCUT2D eigenvalue weighted by molar-refractivity contribution is -0.141. The molecule has 0 atom stereocenters. The minimum atomic E-state index is -0.433. The molecule has 0 heterocycles. The van der Waals surface area contributed by atoms with Crippen molar-refractivity contribution in [2.75, 3.05) is 20.2 Å². The number of carbonyl (C=O) groups excluding carboxylic acids is 2. The summed E-state index contributed by atoms with van der Waals surface area (Å²) in [5, 5.41) is 2.67. The van der Waals surface area contributed by atoms with Gasteiger partial charge in [-0.3, -0.25) is 4.79 Å². The molecule has 1 N–H and O–H groups in total. The molecule has 1 aromatic rings. The van der Waals surface area contributed by atoms with E-state index in [1.165, 1.54) is 12.0 Å². The molecule has 0 fully saturated rings. The minimum Gasteiger partial charge on any atom is -0.468 e. The average Bonchev–Trinajstić information content (AvgIpc) is 2.39. The molecule has 0 aliphatic heterocycles. The number of hydrogen-bond donors (Lipinski definition) is 1. The van der Waals surface area contributed by atoms with E-state index in [4.69, 9.17) is 0 Å². The second-order valence-corrected chi connectivity index (χ2v) is 3.75. The molecule has 5 nitrogen and oxygen atoms in total. The van der Waals surface area contributed by atoms with Crippen LogP contribution in [0.2, 0.25) is 0 Å². The number of nitrogens with one attached hydrogen (secondary N) is 1. The van der Waals surface area contributed by atoms with Crippen LogP contribution < -0.4 is 5.32 Å². The molecule has 2 amide bonds. The largest absolute Gasteiger partial charge is 0.468 e. The number of carbonyl (C=O) groups is 2. The summed E-state index contributed by atoms with van der Waals surface area (Å²) in [4.78, 5) is 24.5. The van der Waals surface area contributed by atoms with Crippen LogP contribution >= 0.6 is 0 Å². The zero-order valence-electron chi connectivity index (χ0n) is 10.7. The molecule has 0 aliphatic carbocycles. The molecular weight excluding hydrogens is 232 g/mol. The lowest BCUT2D eigenvalue weighted by Crippen LogP contribution is -2.42. The molecule has 0 aromatic heterocycles. The van der Waals surface area contributed by atoms with Gasteiger partial charge < -0.3 is 15.0 Å². The Labute approximate surface area is 107 Å². The first-order chi connectivity index (χ1) is 8.67. The van der Waals surface area contributed by atoms with E-state index in [0.717, 1.165) is 5.56 Å². The van der Waals surface area contributed by atoms with Gasteiger partial charge in [0, 0.05) is 13.1 Å². The summed E-state index contributed by atoms with van der Waals surface area (Å²) >= 11 is 0. The van der Waals surface area contributed by atoms with E-state index in [1.54, 1.807) is 0 Å². The Hall–Kier alpha value is -2.04. The van der Waals surface area contributed by atoms with E-state index in [9.17, 15) is 9.59 Å². The predicted molar refractivity (Wildman–Crippen MR) is 67.9 cm³/mol. The zero-order chi connectivity index (χ0) is 13.4. The second kappa shape index (κ2) is 7.32. The van der Waals surface area contributed by atoms with E-state index >= 15 is 0 Å². The smallest absolute Gasteiger partial charge is 0.325 e. The van der Waals surface area contributed by atoms with Crippen LogP contribution in [0.4, 0.5) is 4.79 Å². The zero-order valence-corrected chi connectivity index (χ0v) is 10.7. The van der Waals surface area contributed by atoms with Crippen LogP contribution in [0, 0.1) is 0 Å². The van der Waals surface area contributed by atoms with Crippen molar-refractivity contribution in [3.63, 3.8) is 0 Å². The summed E-state index contributed by atoms with van der Waals surface area (Å²) in [7, 11) is 1.31. The Kier molecular flexibility index (Phi) is 5.70. The first-order valence-corrected chi connectivity index (χ1v) is 5.81. The molecule has 0 spiro atoms. The fourth-order valence-corrected chi connectivity index (χ4v) is 1.49. The fourth-order valence-electron chi connectivity index (χ4n) is 1.49. The van der Waals surface area contributed by atoms with Crippen LogP contribution in [0.5, 0.6) is 0 Å². The van der Waals surface area contributed by atoms with Crippen molar-refractivity contribution in [2.45, 2.75) is 13.5 Å². The van der Waals surface area contributed by atoms with Crippen LogP contribution in [-0.2, 0) is 16.1 Å². The first-order valence-electron chi connectivity index (χ1n) is 5.81. The molecule has 0 unspecified atom stereocenters. The van der Waals surface area contributed by atoms with Crippen molar-refractivity contribution in [2.24, 2.45) is 0 Å². The number of esters is 1. The Morgan fingerprint density at radius 1 is 1.28 bits per heavy atom. The number of benzene rings is 1. The minimum absolute atomic E-state index is 0.0583. The van der Waals surface area contributed by atoms with Gasteiger partial charge in [0.15, 0.2) is 0 Å². The van der Waals surface area contributed by atoms with Crippen LogP contribution in [0.3, 0.4) is 0 Å². The molecule has 0 radical (unpaired) electrons.